The zero-order chi connectivity index (χ0) is 13.1. The van der Waals surface area contributed by atoms with Crippen LogP contribution < -0.4 is 9.47 Å². The van der Waals surface area contributed by atoms with Gasteiger partial charge in [0.2, 0.25) is 0 Å². The normalized spacial score (nSPS) is 10.2. The molecule has 2 rings (SSSR count). The van der Waals surface area contributed by atoms with E-state index >= 15 is 0 Å². The number of rotatable bonds is 3. The molecule has 0 saturated heterocycles. The van der Waals surface area contributed by atoms with Crippen molar-refractivity contribution in [2.75, 3.05) is 14.2 Å². The van der Waals surface area contributed by atoms with Crippen molar-refractivity contribution in [2.24, 2.45) is 0 Å². The van der Waals surface area contributed by atoms with Crippen molar-refractivity contribution in [3.05, 3.63) is 48.0 Å². The molecular formula is C14H12F2O2. The summed E-state index contributed by atoms with van der Waals surface area (Å²) in [6.07, 6.45) is 0. The third-order valence-corrected chi connectivity index (χ3v) is 2.61. The SMILES string of the molecule is COc1cc(OC)cc(-c2cccc(F)c2F)c1. The molecule has 4 heteroatoms. The molecule has 0 amide bonds. The molecule has 0 spiro atoms. The summed E-state index contributed by atoms with van der Waals surface area (Å²) in [6.45, 7) is 0. The fourth-order valence-corrected chi connectivity index (χ4v) is 1.69. The summed E-state index contributed by atoms with van der Waals surface area (Å²) in [5.41, 5.74) is 0.676. The van der Waals surface area contributed by atoms with E-state index in [-0.39, 0.29) is 5.56 Å². The third-order valence-electron chi connectivity index (χ3n) is 2.61. The molecule has 0 saturated carbocycles. The van der Waals surface area contributed by atoms with E-state index in [2.05, 4.69) is 0 Å². The quantitative estimate of drug-likeness (QED) is 0.827. The fourth-order valence-electron chi connectivity index (χ4n) is 1.69. The summed E-state index contributed by atoms with van der Waals surface area (Å²) in [5.74, 6) is -0.719. The number of halogens is 2. The minimum atomic E-state index is -0.882. The summed E-state index contributed by atoms with van der Waals surface area (Å²) in [4.78, 5) is 0. The Balaban J connectivity index is 2.59. The number of benzene rings is 2. The Labute approximate surface area is 104 Å². The van der Waals surface area contributed by atoms with Crippen LogP contribution in [0.25, 0.3) is 11.1 Å². The van der Waals surface area contributed by atoms with Gasteiger partial charge in [-0.2, -0.15) is 0 Å². The molecule has 0 radical (unpaired) electrons. The van der Waals surface area contributed by atoms with Gasteiger partial charge < -0.3 is 9.47 Å². The largest absolute Gasteiger partial charge is 0.497 e. The van der Waals surface area contributed by atoms with Gasteiger partial charge >= 0.3 is 0 Å². The summed E-state index contributed by atoms with van der Waals surface area (Å²) in [5, 5.41) is 0. The van der Waals surface area contributed by atoms with Gasteiger partial charge in [0.05, 0.1) is 14.2 Å². The van der Waals surface area contributed by atoms with Crippen LogP contribution in [-0.4, -0.2) is 14.2 Å². The van der Waals surface area contributed by atoms with E-state index in [1.165, 1.54) is 26.4 Å². The van der Waals surface area contributed by atoms with Crippen LogP contribution in [0, 0.1) is 11.6 Å². The van der Waals surface area contributed by atoms with E-state index < -0.39 is 11.6 Å². The van der Waals surface area contributed by atoms with Crippen molar-refractivity contribution in [2.45, 2.75) is 0 Å². The highest BCUT2D eigenvalue weighted by Crippen LogP contribution is 2.31. The summed E-state index contributed by atoms with van der Waals surface area (Å²) >= 11 is 0. The van der Waals surface area contributed by atoms with Crippen LogP contribution in [0.4, 0.5) is 8.78 Å². The molecule has 0 aromatic heterocycles. The van der Waals surface area contributed by atoms with Crippen molar-refractivity contribution in [1.29, 1.82) is 0 Å². The van der Waals surface area contributed by atoms with Gasteiger partial charge in [-0.05, 0) is 23.8 Å². The summed E-state index contributed by atoms with van der Waals surface area (Å²) < 4.78 is 37.1. The highest BCUT2D eigenvalue weighted by molar-refractivity contribution is 5.68. The molecule has 2 nitrogen and oxygen atoms in total. The van der Waals surface area contributed by atoms with E-state index in [4.69, 9.17) is 9.47 Å². The lowest BCUT2D eigenvalue weighted by atomic mass is 10.0. The van der Waals surface area contributed by atoms with Crippen LogP contribution in [0.3, 0.4) is 0 Å². The second kappa shape index (κ2) is 5.04. The number of hydrogen-bond donors (Lipinski definition) is 0. The number of methoxy groups -OCH3 is 2. The Morgan fingerprint density at radius 2 is 1.50 bits per heavy atom. The van der Waals surface area contributed by atoms with Gasteiger partial charge in [-0.1, -0.05) is 12.1 Å². The van der Waals surface area contributed by atoms with E-state index in [0.29, 0.717) is 17.1 Å². The molecular weight excluding hydrogens is 238 g/mol. The summed E-state index contributed by atoms with van der Waals surface area (Å²) in [6, 6.07) is 8.96. The smallest absolute Gasteiger partial charge is 0.166 e. The highest BCUT2D eigenvalue weighted by Gasteiger charge is 2.11. The standard InChI is InChI=1S/C14H12F2O2/c1-17-10-6-9(7-11(8-10)18-2)12-4-3-5-13(15)14(12)16/h3-8H,1-2H3. The first-order chi connectivity index (χ1) is 8.65. The van der Waals surface area contributed by atoms with E-state index in [1.54, 1.807) is 18.2 Å². The lowest BCUT2D eigenvalue weighted by molar-refractivity contribution is 0.394. The molecule has 0 atom stereocenters. The zero-order valence-electron chi connectivity index (χ0n) is 10.0. The molecule has 0 heterocycles. The lowest BCUT2D eigenvalue weighted by Gasteiger charge is -2.09. The average Bonchev–Trinajstić information content (AvgIpc) is 2.41. The molecule has 0 aliphatic carbocycles. The molecule has 0 fully saturated rings. The second-order valence-corrected chi connectivity index (χ2v) is 3.70. The first kappa shape index (κ1) is 12.4. The molecule has 18 heavy (non-hydrogen) atoms. The molecule has 0 aliphatic heterocycles. The average molecular weight is 250 g/mol. The van der Waals surface area contributed by atoms with Crippen LogP contribution in [-0.2, 0) is 0 Å². The molecule has 2 aromatic carbocycles. The molecule has 0 bridgehead atoms. The topological polar surface area (TPSA) is 18.5 Å². The first-order valence-electron chi connectivity index (χ1n) is 5.33. The Kier molecular flexibility index (Phi) is 3.46. The monoisotopic (exact) mass is 250 g/mol. The molecule has 0 unspecified atom stereocenters. The van der Waals surface area contributed by atoms with Crippen molar-refractivity contribution in [3.63, 3.8) is 0 Å². The van der Waals surface area contributed by atoms with Crippen molar-refractivity contribution >= 4 is 0 Å². The zero-order valence-corrected chi connectivity index (χ0v) is 10.0. The van der Waals surface area contributed by atoms with Crippen LogP contribution >= 0.6 is 0 Å². The first-order valence-corrected chi connectivity index (χ1v) is 5.33. The van der Waals surface area contributed by atoms with Gasteiger partial charge in [-0.3, -0.25) is 0 Å². The second-order valence-electron chi connectivity index (χ2n) is 3.70. The molecule has 94 valence electrons. The van der Waals surface area contributed by atoms with Crippen molar-refractivity contribution < 1.29 is 18.3 Å². The predicted octanol–water partition coefficient (Wildman–Crippen LogP) is 3.65. The Morgan fingerprint density at radius 1 is 0.889 bits per heavy atom. The lowest BCUT2D eigenvalue weighted by Crippen LogP contribution is -1.92. The Bertz CT molecular complexity index is 545. The molecule has 2 aromatic rings. The maximum Gasteiger partial charge on any atom is 0.166 e. The van der Waals surface area contributed by atoms with Gasteiger partial charge in [0.15, 0.2) is 11.6 Å². The Hall–Kier alpha value is -2.10. The molecule has 0 N–H and O–H groups in total. The van der Waals surface area contributed by atoms with Crippen molar-refractivity contribution in [3.8, 4) is 22.6 Å². The van der Waals surface area contributed by atoms with E-state index in [1.807, 2.05) is 0 Å². The maximum atomic E-state index is 13.7. The van der Waals surface area contributed by atoms with Crippen LogP contribution in [0.15, 0.2) is 36.4 Å². The van der Waals surface area contributed by atoms with Gasteiger partial charge in [0, 0.05) is 11.6 Å². The minimum Gasteiger partial charge on any atom is -0.497 e. The van der Waals surface area contributed by atoms with Gasteiger partial charge in [0.1, 0.15) is 11.5 Å². The van der Waals surface area contributed by atoms with E-state index in [9.17, 15) is 8.78 Å². The highest BCUT2D eigenvalue weighted by atomic mass is 19.2. The van der Waals surface area contributed by atoms with Crippen LogP contribution in [0.2, 0.25) is 0 Å². The number of hydrogen-bond acceptors (Lipinski definition) is 2. The van der Waals surface area contributed by atoms with Crippen LogP contribution in [0.1, 0.15) is 0 Å². The van der Waals surface area contributed by atoms with Crippen LogP contribution in [0.5, 0.6) is 11.5 Å². The van der Waals surface area contributed by atoms with Gasteiger partial charge in [-0.25, -0.2) is 8.78 Å². The van der Waals surface area contributed by atoms with Gasteiger partial charge in [-0.15, -0.1) is 0 Å². The maximum absolute atomic E-state index is 13.7. The predicted molar refractivity (Wildman–Crippen MR) is 64.9 cm³/mol. The molecule has 0 aliphatic rings. The van der Waals surface area contributed by atoms with E-state index in [0.717, 1.165) is 6.07 Å². The Morgan fingerprint density at radius 3 is 2.06 bits per heavy atom. The summed E-state index contributed by atoms with van der Waals surface area (Å²) in [7, 11) is 3.00. The van der Waals surface area contributed by atoms with Crippen molar-refractivity contribution in [1.82, 2.24) is 0 Å². The number of ether oxygens (including phenoxy) is 2. The minimum absolute atomic E-state index is 0.173. The third kappa shape index (κ3) is 2.27. The fraction of sp³-hybridized carbons (Fsp3) is 0.143. The van der Waals surface area contributed by atoms with Gasteiger partial charge in [0.25, 0.3) is 0 Å².